The van der Waals surface area contributed by atoms with E-state index in [1.165, 1.54) is 19.3 Å². The zero-order chi connectivity index (χ0) is 13.2. The quantitative estimate of drug-likeness (QED) is 0.901. The monoisotopic (exact) mass is 260 g/mol. The molecule has 0 amide bonds. The molecule has 2 unspecified atom stereocenters. The molecule has 1 N–H and O–H groups in total. The van der Waals surface area contributed by atoms with Crippen molar-refractivity contribution >= 4 is 5.82 Å². The number of hydrogen-bond acceptors (Lipinski definition) is 4. The normalized spacial score (nSPS) is 27.6. The lowest BCUT2D eigenvalue weighted by Crippen LogP contribution is -2.39. The van der Waals surface area contributed by atoms with Crippen molar-refractivity contribution in [2.45, 2.75) is 45.7 Å². The van der Waals surface area contributed by atoms with Gasteiger partial charge in [-0.2, -0.15) is 0 Å². The van der Waals surface area contributed by atoms with E-state index in [0.29, 0.717) is 0 Å². The van der Waals surface area contributed by atoms with Gasteiger partial charge in [-0.3, -0.25) is 4.98 Å². The molecule has 1 saturated carbocycles. The third-order valence-electron chi connectivity index (χ3n) is 4.03. The van der Waals surface area contributed by atoms with E-state index in [2.05, 4.69) is 34.0 Å². The Balaban J connectivity index is 1.60. The maximum absolute atomic E-state index is 4.59. The summed E-state index contributed by atoms with van der Waals surface area (Å²) >= 11 is 0. The van der Waals surface area contributed by atoms with Gasteiger partial charge in [-0.25, -0.2) is 4.98 Å². The minimum absolute atomic E-state index is 0.727. The first-order chi connectivity index (χ1) is 9.20. The lowest BCUT2D eigenvalue weighted by molar-refractivity contribution is 0.355. The van der Waals surface area contributed by atoms with Crippen LogP contribution in [0.3, 0.4) is 0 Å². The summed E-state index contributed by atoms with van der Waals surface area (Å²) in [6.45, 7) is 7.72. The second-order valence-corrected chi connectivity index (χ2v) is 6.37. The molecule has 2 atom stereocenters. The summed E-state index contributed by atoms with van der Waals surface area (Å²) in [5, 5.41) is 3.47. The lowest BCUT2D eigenvalue weighted by Gasteiger charge is -2.35. The molecule has 2 fully saturated rings. The molecule has 4 nitrogen and oxygen atoms in total. The zero-order valence-corrected chi connectivity index (χ0v) is 12.0. The molecule has 1 aromatic rings. The average Bonchev–Trinajstić information content (AvgIpc) is 3.20. The molecule has 1 saturated heterocycles. The fourth-order valence-electron chi connectivity index (χ4n) is 2.99. The number of nitrogens with one attached hydrogen (secondary N) is 1. The molecule has 0 bridgehead atoms. The van der Waals surface area contributed by atoms with Gasteiger partial charge in [0, 0.05) is 25.7 Å². The maximum atomic E-state index is 4.59. The smallest absolute Gasteiger partial charge is 0.147 e. The Morgan fingerprint density at radius 2 is 1.89 bits per heavy atom. The lowest BCUT2D eigenvalue weighted by atomic mass is 9.92. The highest BCUT2D eigenvalue weighted by Crippen LogP contribution is 2.24. The van der Waals surface area contributed by atoms with Crippen LogP contribution in [-0.4, -0.2) is 29.1 Å². The molecule has 0 aromatic carbocycles. The Labute approximate surface area is 115 Å². The second kappa shape index (κ2) is 5.45. The molecular weight excluding hydrogens is 236 g/mol. The van der Waals surface area contributed by atoms with Gasteiger partial charge in [0.2, 0.25) is 0 Å². The van der Waals surface area contributed by atoms with Gasteiger partial charge >= 0.3 is 0 Å². The highest BCUT2D eigenvalue weighted by molar-refractivity contribution is 5.36. The Morgan fingerprint density at radius 3 is 2.47 bits per heavy atom. The van der Waals surface area contributed by atoms with Crippen LogP contribution in [0.2, 0.25) is 0 Å². The van der Waals surface area contributed by atoms with Crippen LogP contribution >= 0.6 is 0 Å². The zero-order valence-electron chi connectivity index (χ0n) is 12.0. The predicted octanol–water partition coefficient (Wildman–Crippen LogP) is 2.21. The van der Waals surface area contributed by atoms with Crippen LogP contribution in [0.25, 0.3) is 0 Å². The number of anilines is 1. The van der Waals surface area contributed by atoms with Crippen LogP contribution in [0.1, 0.15) is 38.8 Å². The van der Waals surface area contributed by atoms with Crippen molar-refractivity contribution in [3.05, 3.63) is 18.1 Å². The van der Waals surface area contributed by atoms with E-state index in [9.17, 15) is 0 Å². The van der Waals surface area contributed by atoms with E-state index in [4.69, 9.17) is 0 Å². The van der Waals surface area contributed by atoms with Crippen molar-refractivity contribution in [3.63, 3.8) is 0 Å². The number of aromatic nitrogens is 2. The molecule has 1 aromatic heterocycles. The summed E-state index contributed by atoms with van der Waals surface area (Å²) in [4.78, 5) is 11.5. The predicted molar refractivity (Wildman–Crippen MR) is 77.1 cm³/mol. The van der Waals surface area contributed by atoms with E-state index in [-0.39, 0.29) is 0 Å². The number of hydrogen-bond donors (Lipinski definition) is 1. The third-order valence-corrected chi connectivity index (χ3v) is 4.03. The number of rotatable bonds is 4. The van der Waals surface area contributed by atoms with E-state index >= 15 is 0 Å². The third kappa shape index (κ3) is 3.44. The van der Waals surface area contributed by atoms with Crippen LogP contribution in [0.15, 0.2) is 12.4 Å². The van der Waals surface area contributed by atoms with Crippen molar-refractivity contribution in [2.75, 3.05) is 18.0 Å². The fraction of sp³-hybridized carbons (Fsp3) is 0.733. The Kier molecular flexibility index (Phi) is 3.69. The fourth-order valence-corrected chi connectivity index (χ4v) is 2.99. The van der Waals surface area contributed by atoms with Gasteiger partial charge in [0.05, 0.1) is 18.1 Å². The van der Waals surface area contributed by atoms with Crippen molar-refractivity contribution in [2.24, 2.45) is 11.8 Å². The van der Waals surface area contributed by atoms with Crippen LogP contribution < -0.4 is 10.2 Å². The van der Waals surface area contributed by atoms with Gasteiger partial charge < -0.3 is 10.2 Å². The average molecular weight is 260 g/mol. The summed E-state index contributed by atoms with van der Waals surface area (Å²) in [5.41, 5.74) is 1.05. The van der Waals surface area contributed by atoms with Crippen LogP contribution in [-0.2, 0) is 6.54 Å². The van der Waals surface area contributed by atoms with Gasteiger partial charge in [0.25, 0.3) is 0 Å². The van der Waals surface area contributed by atoms with E-state index in [1.54, 1.807) is 0 Å². The van der Waals surface area contributed by atoms with Crippen molar-refractivity contribution in [1.29, 1.82) is 0 Å². The van der Waals surface area contributed by atoms with Crippen molar-refractivity contribution in [3.8, 4) is 0 Å². The first kappa shape index (κ1) is 12.9. The number of piperidine rings is 1. The molecule has 104 valence electrons. The molecule has 19 heavy (non-hydrogen) atoms. The molecule has 1 aliphatic carbocycles. The highest BCUT2D eigenvalue weighted by atomic mass is 15.2. The van der Waals surface area contributed by atoms with Crippen LogP contribution in [0, 0.1) is 11.8 Å². The highest BCUT2D eigenvalue weighted by Gasteiger charge is 2.23. The molecule has 0 spiro atoms. The van der Waals surface area contributed by atoms with Gasteiger partial charge in [-0.15, -0.1) is 0 Å². The largest absolute Gasteiger partial charge is 0.355 e. The van der Waals surface area contributed by atoms with E-state index < -0.39 is 0 Å². The van der Waals surface area contributed by atoms with Gasteiger partial charge in [-0.05, 0) is 31.1 Å². The molecule has 3 rings (SSSR count). The minimum Gasteiger partial charge on any atom is -0.355 e. The standard InChI is InChI=1S/C15H24N4/c1-11-5-12(2)10-19(9-11)15-8-17-14(7-18-15)6-16-13-3-4-13/h7-8,11-13,16H,3-6,9-10H2,1-2H3. The minimum atomic E-state index is 0.727. The van der Waals surface area contributed by atoms with E-state index in [0.717, 1.165) is 49.0 Å². The van der Waals surface area contributed by atoms with Gasteiger partial charge in [0.15, 0.2) is 0 Å². The summed E-state index contributed by atoms with van der Waals surface area (Å²) in [6, 6.07) is 0.727. The Morgan fingerprint density at radius 1 is 1.16 bits per heavy atom. The molecule has 0 radical (unpaired) electrons. The summed E-state index contributed by atoms with van der Waals surface area (Å²) in [5.74, 6) is 2.54. The molecule has 2 aliphatic rings. The van der Waals surface area contributed by atoms with Crippen molar-refractivity contribution in [1.82, 2.24) is 15.3 Å². The van der Waals surface area contributed by atoms with Crippen LogP contribution in [0.5, 0.6) is 0 Å². The summed E-state index contributed by atoms with van der Waals surface area (Å²) in [6.07, 6.45) is 7.82. The summed E-state index contributed by atoms with van der Waals surface area (Å²) < 4.78 is 0. The maximum Gasteiger partial charge on any atom is 0.147 e. The summed E-state index contributed by atoms with van der Waals surface area (Å²) in [7, 11) is 0. The first-order valence-corrected chi connectivity index (χ1v) is 7.50. The second-order valence-electron chi connectivity index (χ2n) is 6.37. The Bertz CT molecular complexity index is 403. The molecular formula is C15H24N4. The molecule has 4 heteroatoms. The van der Waals surface area contributed by atoms with Crippen molar-refractivity contribution < 1.29 is 0 Å². The topological polar surface area (TPSA) is 41.1 Å². The SMILES string of the molecule is CC1CC(C)CN(c2cnc(CNC3CC3)cn2)C1. The number of nitrogens with zero attached hydrogens (tertiary/aromatic N) is 3. The molecule has 2 heterocycles. The van der Waals surface area contributed by atoms with Gasteiger partial charge in [-0.1, -0.05) is 13.8 Å². The van der Waals surface area contributed by atoms with E-state index in [1.807, 2.05) is 12.4 Å². The first-order valence-electron chi connectivity index (χ1n) is 7.50. The van der Waals surface area contributed by atoms with Crippen LogP contribution in [0.4, 0.5) is 5.82 Å². The molecule has 1 aliphatic heterocycles. The van der Waals surface area contributed by atoms with Gasteiger partial charge in [0.1, 0.15) is 5.82 Å². The Hall–Kier alpha value is -1.16.